The van der Waals surface area contributed by atoms with E-state index in [-0.39, 0.29) is 12.1 Å². The summed E-state index contributed by atoms with van der Waals surface area (Å²) in [6, 6.07) is 5.81. The van der Waals surface area contributed by atoms with Gasteiger partial charge in [-0.05, 0) is 57.8 Å². The standard InChI is InChI=1S/C30H32F6N10/c1-18-15-45(26-24-27(46-17-39-41-28(46)40-26)43(16-38-24)12-11-42(3)4)19(2)14-44(18)25(20-5-7-21(8-6-20)29(31,32)33)23-10-9-22(13-37-23)30(34,35)36/h5-10,13,16-19,25H,11-12,14-15H2,1-4H3/t18-,19+,25-/m1/s1. The van der Waals surface area contributed by atoms with Crippen molar-refractivity contribution in [1.82, 2.24) is 43.9 Å². The van der Waals surface area contributed by atoms with E-state index in [0.717, 1.165) is 36.6 Å². The summed E-state index contributed by atoms with van der Waals surface area (Å²) in [5, 5.41) is 8.26. The molecule has 0 bridgehead atoms. The van der Waals surface area contributed by atoms with Gasteiger partial charge in [-0.25, -0.2) is 9.38 Å². The quantitative estimate of drug-likeness (QED) is 0.225. The maximum atomic E-state index is 13.4. The van der Waals surface area contributed by atoms with Crippen molar-refractivity contribution < 1.29 is 26.3 Å². The van der Waals surface area contributed by atoms with E-state index >= 15 is 0 Å². The van der Waals surface area contributed by atoms with Crippen LogP contribution in [0.1, 0.15) is 42.3 Å². The number of hydrogen-bond acceptors (Lipinski definition) is 8. The summed E-state index contributed by atoms with van der Waals surface area (Å²) in [5.74, 6) is 1.03. The molecule has 5 heterocycles. The molecule has 6 rings (SSSR count). The van der Waals surface area contributed by atoms with Gasteiger partial charge in [0, 0.05) is 44.5 Å². The van der Waals surface area contributed by atoms with Gasteiger partial charge < -0.3 is 14.4 Å². The van der Waals surface area contributed by atoms with Crippen molar-refractivity contribution in [3.63, 3.8) is 0 Å². The summed E-state index contributed by atoms with van der Waals surface area (Å²) in [6.07, 6.45) is -4.99. The van der Waals surface area contributed by atoms with E-state index in [1.54, 1.807) is 17.1 Å². The lowest BCUT2D eigenvalue weighted by atomic mass is 9.95. The van der Waals surface area contributed by atoms with Gasteiger partial charge in [0.15, 0.2) is 11.5 Å². The minimum atomic E-state index is -4.58. The minimum Gasteiger partial charge on any atom is -0.349 e. The largest absolute Gasteiger partial charge is 0.417 e. The molecule has 0 N–H and O–H groups in total. The SMILES string of the molecule is C[C@@H]1CN(c2nc3nncn3c3c2ncn3CCN(C)C)[C@@H](C)CN1[C@H](c1ccc(C(F)(F)F)cc1)c1ccc(C(F)(F)F)cn1. The number of alkyl halides is 6. The van der Waals surface area contributed by atoms with E-state index in [0.29, 0.717) is 48.0 Å². The van der Waals surface area contributed by atoms with Crippen LogP contribution in [0.5, 0.6) is 0 Å². The Morgan fingerprint density at radius 2 is 1.57 bits per heavy atom. The second kappa shape index (κ2) is 11.8. The Hall–Kier alpha value is -4.31. The molecule has 0 saturated carbocycles. The molecular formula is C30H32F6N10. The highest BCUT2D eigenvalue weighted by molar-refractivity contribution is 5.86. The van der Waals surface area contributed by atoms with Crippen LogP contribution in [0.4, 0.5) is 32.2 Å². The van der Waals surface area contributed by atoms with Crippen molar-refractivity contribution in [3.8, 4) is 0 Å². The van der Waals surface area contributed by atoms with Gasteiger partial charge in [0.05, 0.1) is 29.2 Å². The van der Waals surface area contributed by atoms with E-state index in [9.17, 15) is 26.3 Å². The highest BCUT2D eigenvalue weighted by Gasteiger charge is 2.39. The van der Waals surface area contributed by atoms with Crippen LogP contribution in [-0.4, -0.2) is 89.7 Å². The number of hydrogen-bond donors (Lipinski definition) is 0. The van der Waals surface area contributed by atoms with Crippen molar-refractivity contribution in [2.45, 2.75) is 50.9 Å². The summed E-state index contributed by atoms with van der Waals surface area (Å²) < 4.78 is 84.0. The molecule has 1 saturated heterocycles. The molecule has 1 aliphatic heterocycles. The molecule has 10 nitrogen and oxygen atoms in total. The van der Waals surface area contributed by atoms with Crippen molar-refractivity contribution in [2.24, 2.45) is 0 Å². The summed E-state index contributed by atoms with van der Waals surface area (Å²) in [5.41, 5.74) is 0.527. The zero-order valence-electron chi connectivity index (χ0n) is 25.5. The number of piperazine rings is 1. The lowest BCUT2D eigenvalue weighted by molar-refractivity contribution is -0.138. The molecule has 0 radical (unpaired) electrons. The highest BCUT2D eigenvalue weighted by Crippen LogP contribution is 2.38. The first-order valence-corrected chi connectivity index (χ1v) is 14.6. The molecule has 4 aromatic heterocycles. The van der Waals surface area contributed by atoms with Gasteiger partial charge in [-0.2, -0.15) is 31.3 Å². The summed E-state index contributed by atoms with van der Waals surface area (Å²) in [7, 11) is 3.97. The number of anilines is 1. The van der Waals surface area contributed by atoms with Gasteiger partial charge in [-0.15, -0.1) is 10.2 Å². The predicted octanol–water partition coefficient (Wildman–Crippen LogP) is 5.16. The Balaban J connectivity index is 1.37. The third kappa shape index (κ3) is 5.98. The predicted molar refractivity (Wildman–Crippen MR) is 158 cm³/mol. The fraction of sp³-hybridized carbons (Fsp3) is 0.433. The Labute approximate surface area is 260 Å². The summed E-state index contributed by atoms with van der Waals surface area (Å²) in [6.45, 7) is 6.25. The maximum absolute atomic E-state index is 13.4. The van der Waals surface area contributed by atoms with Gasteiger partial charge in [0.25, 0.3) is 5.78 Å². The number of halogens is 6. The number of benzene rings is 1. The second-order valence-corrected chi connectivity index (χ2v) is 11.9. The number of imidazole rings is 1. The van der Waals surface area contributed by atoms with Crippen LogP contribution in [0.15, 0.2) is 55.2 Å². The topological polar surface area (TPSA) is 83.5 Å². The fourth-order valence-corrected chi connectivity index (χ4v) is 5.99. The van der Waals surface area contributed by atoms with Crippen LogP contribution in [0.2, 0.25) is 0 Å². The van der Waals surface area contributed by atoms with Crippen LogP contribution < -0.4 is 4.90 Å². The lowest BCUT2D eigenvalue weighted by Crippen LogP contribution is -2.57. The first kappa shape index (κ1) is 31.7. The van der Waals surface area contributed by atoms with E-state index in [1.165, 1.54) is 18.2 Å². The zero-order valence-corrected chi connectivity index (χ0v) is 25.5. The van der Waals surface area contributed by atoms with E-state index in [4.69, 9.17) is 9.97 Å². The monoisotopic (exact) mass is 646 g/mol. The third-order valence-electron chi connectivity index (χ3n) is 8.36. The van der Waals surface area contributed by atoms with Crippen molar-refractivity contribution in [1.29, 1.82) is 0 Å². The summed E-state index contributed by atoms with van der Waals surface area (Å²) >= 11 is 0. The molecule has 0 spiro atoms. The van der Waals surface area contributed by atoms with Crippen molar-refractivity contribution >= 4 is 22.8 Å². The third-order valence-corrected chi connectivity index (χ3v) is 8.36. The summed E-state index contributed by atoms with van der Waals surface area (Å²) in [4.78, 5) is 19.9. The molecule has 3 atom stereocenters. The van der Waals surface area contributed by atoms with E-state index in [1.807, 2.05) is 32.5 Å². The molecule has 1 fully saturated rings. The first-order valence-electron chi connectivity index (χ1n) is 14.6. The number of aromatic nitrogens is 7. The van der Waals surface area contributed by atoms with Gasteiger partial charge in [0.2, 0.25) is 0 Å². The average molecular weight is 647 g/mol. The van der Waals surface area contributed by atoms with Gasteiger partial charge in [0.1, 0.15) is 11.8 Å². The minimum absolute atomic E-state index is 0.185. The number of rotatable bonds is 7. The zero-order chi connectivity index (χ0) is 33.0. The maximum Gasteiger partial charge on any atom is 0.417 e. The van der Waals surface area contributed by atoms with Crippen molar-refractivity contribution in [2.75, 3.05) is 38.6 Å². The van der Waals surface area contributed by atoms with Gasteiger partial charge >= 0.3 is 12.4 Å². The molecule has 16 heteroatoms. The molecule has 5 aromatic rings. The fourth-order valence-electron chi connectivity index (χ4n) is 5.99. The van der Waals surface area contributed by atoms with Crippen molar-refractivity contribution in [3.05, 3.63) is 77.6 Å². The first-order chi connectivity index (χ1) is 21.7. The van der Waals surface area contributed by atoms with Crippen LogP contribution in [0, 0.1) is 0 Å². The molecular weight excluding hydrogens is 614 g/mol. The number of likely N-dealkylation sites (N-methyl/N-ethyl adjacent to an activating group) is 1. The van der Waals surface area contributed by atoms with Gasteiger partial charge in [-0.1, -0.05) is 12.1 Å². The molecule has 46 heavy (non-hydrogen) atoms. The number of pyridine rings is 1. The Kier molecular flexibility index (Phi) is 8.13. The highest BCUT2D eigenvalue weighted by atomic mass is 19.4. The number of fused-ring (bicyclic) bond motifs is 3. The van der Waals surface area contributed by atoms with Crippen LogP contribution in [0.25, 0.3) is 16.9 Å². The molecule has 1 aromatic carbocycles. The normalized spacial score (nSPS) is 19.1. The average Bonchev–Trinajstić information content (AvgIpc) is 3.64. The molecule has 0 unspecified atom stereocenters. The molecule has 0 amide bonds. The number of nitrogens with zero attached hydrogens (tertiary/aromatic N) is 10. The molecule has 1 aliphatic rings. The lowest BCUT2D eigenvalue weighted by Gasteiger charge is -2.47. The van der Waals surface area contributed by atoms with E-state index < -0.39 is 29.5 Å². The van der Waals surface area contributed by atoms with Crippen LogP contribution in [0.3, 0.4) is 0 Å². The van der Waals surface area contributed by atoms with Crippen LogP contribution in [-0.2, 0) is 18.9 Å². The van der Waals surface area contributed by atoms with Gasteiger partial charge in [-0.3, -0.25) is 9.88 Å². The Bertz CT molecular complexity index is 1750. The van der Waals surface area contributed by atoms with E-state index in [2.05, 4.69) is 29.9 Å². The Morgan fingerprint density at radius 1 is 0.870 bits per heavy atom. The molecule has 244 valence electrons. The Morgan fingerprint density at radius 3 is 2.20 bits per heavy atom. The molecule has 0 aliphatic carbocycles. The second-order valence-electron chi connectivity index (χ2n) is 11.9. The smallest absolute Gasteiger partial charge is 0.349 e. The van der Waals surface area contributed by atoms with Crippen LogP contribution >= 0.6 is 0 Å².